The third-order valence-corrected chi connectivity index (χ3v) is 5.77. The standard InChI is InChI=1S/C16H23F3N2O4/c1-5-7(2)10(20-14(25)16(17,18)19)12(22)21-6-8-9(15(8,3)4)11(21)13(23)24/h7-11H,5-6H2,1-4H3,(H,20,25)(H,23,24)/t7?,8-,9-,10?,11-/m0/s1. The molecule has 0 aromatic rings. The highest BCUT2D eigenvalue weighted by atomic mass is 19.4. The Bertz CT molecular complexity index is 590. The van der Waals surface area contributed by atoms with E-state index in [-0.39, 0.29) is 23.8 Å². The number of likely N-dealkylation sites (tertiary alicyclic amines) is 1. The van der Waals surface area contributed by atoms with Crippen molar-refractivity contribution in [2.45, 2.75) is 52.4 Å². The van der Waals surface area contributed by atoms with E-state index in [1.807, 2.05) is 13.8 Å². The minimum atomic E-state index is -5.10. The molecule has 1 aliphatic heterocycles. The smallest absolute Gasteiger partial charge is 0.471 e. The minimum absolute atomic E-state index is 0.00782. The maximum atomic E-state index is 12.8. The number of halogens is 3. The molecule has 25 heavy (non-hydrogen) atoms. The highest BCUT2D eigenvalue weighted by Gasteiger charge is 2.70. The first-order chi connectivity index (χ1) is 11.3. The number of nitrogens with zero attached hydrogens (tertiary/aromatic N) is 1. The van der Waals surface area contributed by atoms with Gasteiger partial charge in [0.25, 0.3) is 0 Å². The highest BCUT2D eigenvalue weighted by Crippen LogP contribution is 2.64. The quantitative estimate of drug-likeness (QED) is 0.777. The Morgan fingerprint density at radius 3 is 2.32 bits per heavy atom. The number of carboxylic acids is 1. The fraction of sp³-hybridized carbons (Fsp3) is 0.812. The molecule has 0 aromatic carbocycles. The van der Waals surface area contributed by atoms with E-state index in [9.17, 15) is 32.7 Å². The molecule has 1 saturated carbocycles. The van der Waals surface area contributed by atoms with Crippen molar-refractivity contribution < 1.29 is 32.7 Å². The van der Waals surface area contributed by atoms with Crippen LogP contribution in [0.3, 0.4) is 0 Å². The zero-order chi connectivity index (χ0) is 19.3. The number of carboxylic acid groups (broad SMARTS) is 1. The van der Waals surface area contributed by atoms with Gasteiger partial charge in [0.05, 0.1) is 0 Å². The van der Waals surface area contributed by atoms with Gasteiger partial charge in [-0.05, 0) is 17.3 Å². The zero-order valence-corrected chi connectivity index (χ0v) is 14.6. The largest absolute Gasteiger partial charge is 0.480 e. The van der Waals surface area contributed by atoms with Crippen molar-refractivity contribution in [1.29, 1.82) is 0 Å². The van der Waals surface area contributed by atoms with Crippen molar-refractivity contribution in [2.75, 3.05) is 6.54 Å². The summed E-state index contributed by atoms with van der Waals surface area (Å²) in [5.74, 6) is -4.89. The third kappa shape index (κ3) is 3.32. The highest BCUT2D eigenvalue weighted by molar-refractivity contribution is 5.93. The molecule has 9 heteroatoms. The summed E-state index contributed by atoms with van der Waals surface area (Å²) < 4.78 is 37.7. The fourth-order valence-electron chi connectivity index (χ4n) is 3.88. The number of nitrogens with one attached hydrogen (secondary N) is 1. The lowest BCUT2D eigenvalue weighted by Gasteiger charge is -2.33. The lowest BCUT2D eigenvalue weighted by atomic mass is 9.95. The number of fused-ring (bicyclic) bond motifs is 1. The number of hydrogen-bond donors (Lipinski definition) is 2. The molecule has 2 aliphatic rings. The Hall–Kier alpha value is -1.80. The van der Waals surface area contributed by atoms with Crippen LogP contribution >= 0.6 is 0 Å². The van der Waals surface area contributed by atoms with Gasteiger partial charge in [0, 0.05) is 12.5 Å². The summed E-state index contributed by atoms with van der Waals surface area (Å²) in [6.07, 6.45) is -4.74. The van der Waals surface area contributed by atoms with Crippen molar-refractivity contribution in [1.82, 2.24) is 10.2 Å². The number of carbonyl (C=O) groups excluding carboxylic acids is 2. The zero-order valence-electron chi connectivity index (χ0n) is 14.6. The number of alkyl halides is 3. The molecule has 0 spiro atoms. The molecule has 5 atom stereocenters. The van der Waals surface area contributed by atoms with E-state index in [0.29, 0.717) is 6.42 Å². The summed E-state index contributed by atoms with van der Waals surface area (Å²) in [4.78, 5) is 36.8. The Labute approximate surface area is 143 Å². The summed E-state index contributed by atoms with van der Waals surface area (Å²) in [5, 5.41) is 11.2. The minimum Gasteiger partial charge on any atom is -0.480 e. The van der Waals surface area contributed by atoms with E-state index >= 15 is 0 Å². The van der Waals surface area contributed by atoms with Gasteiger partial charge in [0.1, 0.15) is 12.1 Å². The second-order valence-electron chi connectivity index (χ2n) is 7.56. The second kappa shape index (κ2) is 6.17. The Morgan fingerprint density at radius 1 is 1.32 bits per heavy atom. The van der Waals surface area contributed by atoms with Gasteiger partial charge in [0.2, 0.25) is 5.91 Å². The Kier molecular flexibility index (Phi) is 4.82. The lowest BCUT2D eigenvalue weighted by molar-refractivity contribution is -0.175. The van der Waals surface area contributed by atoms with E-state index in [4.69, 9.17) is 0 Å². The van der Waals surface area contributed by atoms with Crippen LogP contribution < -0.4 is 5.32 Å². The van der Waals surface area contributed by atoms with Crippen LogP contribution in [0.15, 0.2) is 0 Å². The van der Waals surface area contributed by atoms with E-state index < -0.39 is 42.0 Å². The van der Waals surface area contributed by atoms with Gasteiger partial charge < -0.3 is 15.3 Å². The van der Waals surface area contributed by atoms with Gasteiger partial charge in [-0.2, -0.15) is 13.2 Å². The van der Waals surface area contributed by atoms with Crippen LogP contribution in [0.4, 0.5) is 13.2 Å². The van der Waals surface area contributed by atoms with Crippen molar-refractivity contribution in [3.05, 3.63) is 0 Å². The molecule has 0 bridgehead atoms. The van der Waals surface area contributed by atoms with Crippen LogP contribution in [0, 0.1) is 23.2 Å². The van der Waals surface area contributed by atoms with Crippen molar-refractivity contribution in [3.8, 4) is 0 Å². The topological polar surface area (TPSA) is 86.7 Å². The molecule has 2 N–H and O–H groups in total. The summed E-state index contributed by atoms with van der Waals surface area (Å²) in [7, 11) is 0. The van der Waals surface area contributed by atoms with Crippen LogP contribution in [-0.4, -0.2) is 52.6 Å². The molecule has 2 unspecified atom stereocenters. The van der Waals surface area contributed by atoms with Gasteiger partial charge in [-0.15, -0.1) is 0 Å². The van der Waals surface area contributed by atoms with Gasteiger partial charge in [-0.1, -0.05) is 34.1 Å². The van der Waals surface area contributed by atoms with Crippen LogP contribution in [0.5, 0.6) is 0 Å². The summed E-state index contributed by atoms with van der Waals surface area (Å²) in [5.41, 5.74) is -0.207. The first-order valence-electron chi connectivity index (χ1n) is 8.25. The summed E-state index contributed by atoms with van der Waals surface area (Å²) >= 11 is 0. The third-order valence-electron chi connectivity index (χ3n) is 5.77. The maximum absolute atomic E-state index is 12.8. The number of rotatable bonds is 5. The van der Waals surface area contributed by atoms with Crippen LogP contribution in [0.2, 0.25) is 0 Å². The van der Waals surface area contributed by atoms with Gasteiger partial charge in [-0.25, -0.2) is 4.79 Å². The maximum Gasteiger partial charge on any atom is 0.471 e. The molecule has 2 fully saturated rings. The summed E-state index contributed by atoms with van der Waals surface area (Å²) in [6, 6.07) is -2.47. The normalized spacial score (nSPS) is 29.6. The molecule has 1 saturated heterocycles. The molecule has 2 rings (SSSR count). The first kappa shape index (κ1) is 19.5. The molecule has 1 heterocycles. The number of piperidine rings is 1. The van der Waals surface area contributed by atoms with Crippen LogP contribution in [0.1, 0.15) is 34.1 Å². The molecule has 0 aromatic heterocycles. The van der Waals surface area contributed by atoms with Gasteiger partial charge in [0.15, 0.2) is 0 Å². The van der Waals surface area contributed by atoms with Crippen molar-refractivity contribution >= 4 is 17.8 Å². The molecular weight excluding hydrogens is 341 g/mol. The number of carbonyl (C=O) groups is 3. The van der Waals surface area contributed by atoms with Crippen molar-refractivity contribution in [3.63, 3.8) is 0 Å². The van der Waals surface area contributed by atoms with E-state index in [1.165, 1.54) is 0 Å². The molecule has 6 nitrogen and oxygen atoms in total. The van der Waals surface area contributed by atoms with Gasteiger partial charge in [-0.3, -0.25) is 9.59 Å². The van der Waals surface area contributed by atoms with E-state index in [0.717, 1.165) is 4.90 Å². The Morgan fingerprint density at radius 2 is 1.88 bits per heavy atom. The predicted octanol–water partition coefficient (Wildman–Crippen LogP) is 1.65. The molecular formula is C16H23F3N2O4. The fourth-order valence-corrected chi connectivity index (χ4v) is 3.88. The second-order valence-corrected chi connectivity index (χ2v) is 7.56. The molecule has 0 radical (unpaired) electrons. The average molecular weight is 364 g/mol. The number of hydrogen-bond acceptors (Lipinski definition) is 3. The van der Waals surface area contributed by atoms with Gasteiger partial charge >= 0.3 is 18.1 Å². The van der Waals surface area contributed by atoms with E-state index in [1.54, 1.807) is 19.2 Å². The number of amides is 2. The lowest BCUT2D eigenvalue weighted by Crippen LogP contribution is -2.57. The molecule has 1 aliphatic carbocycles. The Balaban J connectivity index is 2.22. The number of aliphatic carboxylic acids is 1. The molecule has 2 amide bonds. The van der Waals surface area contributed by atoms with E-state index in [2.05, 4.69) is 0 Å². The van der Waals surface area contributed by atoms with Crippen LogP contribution in [-0.2, 0) is 14.4 Å². The SMILES string of the molecule is CCC(C)C(NC(=O)C(F)(F)F)C(=O)N1C[C@H]2[C@@H]([C@H]1C(=O)O)C2(C)C. The summed E-state index contributed by atoms with van der Waals surface area (Å²) in [6.45, 7) is 7.25. The monoisotopic (exact) mass is 364 g/mol. The average Bonchev–Trinajstić information content (AvgIpc) is 2.88. The molecule has 142 valence electrons. The first-order valence-corrected chi connectivity index (χ1v) is 8.25. The van der Waals surface area contributed by atoms with Crippen LogP contribution in [0.25, 0.3) is 0 Å². The van der Waals surface area contributed by atoms with Crippen molar-refractivity contribution in [2.24, 2.45) is 23.2 Å². The predicted molar refractivity (Wildman–Crippen MR) is 81.3 cm³/mol.